The summed E-state index contributed by atoms with van der Waals surface area (Å²) in [4.78, 5) is 23.4. The van der Waals surface area contributed by atoms with Gasteiger partial charge in [0.15, 0.2) is 11.5 Å². The molecule has 2 aromatic rings. The van der Waals surface area contributed by atoms with Crippen LogP contribution < -0.4 is 16.4 Å². The highest BCUT2D eigenvalue weighted by atomic mass is 35.5. The number of aromatic nitrogens is 3. The Hall–Kier alpha value is -1.90. The van der Waals surface area contributed by atoms with E-state index in [1.807, 2.05) is 38.2 Å². The average molecular weight is 377 g/mol. The molecule has 8 nitrogen and oxygen atoms in total. The molecule has 0 saturated heterocycles. The third-order valence-corrected chi connectivity index (χ3v) is 3.27. The van der Waals surface area contributed by atoms with Gasteiger partial charge < -0.3 is 16.4 Å². The lowest BCUT2D eigenvalue weighted by molar-refractivity contribution is -0.127. The lowest BCUT2D eigenvalue weighted by Gasteiger charge is -2.15. The quantitative estimate of drug-likeness (QED) is 0.670. The van der Waals surface area contributed by atoms with Crippen molar-refractivity contribution in [2.24, 2.45) is 11.7 Å². The van der Waals surface area contributed by atoms with Crippen LogP contribution in [0.15, 0.2) is 24.4 Å². The summed E-state index contributed by atoms with van der Waals surface area (Å²) in [6, 6.07) is 4.93. The van der Waals surface area contributed by atoms with Crippen LogP contribution in [0.25, 0.3) is 5.65 Å². The van der Waals surface area contributed by atoms with E-state index in [1.165, 1.54) is 0 Å². The Kier molecular flexibility index (Phi) is 9.27. The van der Waals surface area contributed by atoms with Crippen LogP contribution in [0.2, 0.25) is 0 Å². The molecule has 134 valence electrons. The summed E-state index contributed by atoms with van der Waals surface area (Å²) in [7, 11) is 0. The molecule has 0 radical (unpaired) electrons. The zero-order chi connectivity index (χ0) is 16.1. The molecule has 0 spiro atoms. The Balaban J connectivity index is 0.00000264. The summed E-state index contributed by atoms with van der Waals surface area (Å²) in [6.45, 7) is 3.81. The number of nitrogens with two attached hydrogens (primary N) is 1. The molecule has 2 aromatic heterocycles. The van der Waals surface area contributed by atoms with E-state index in [4.69, 9.17) is 5.73 Å². The summed E-state index contributed by atoms with van der Waals surface area (Å²) in [5.74, 6) is -0.00496. The number of carbonyl (C=O) groups excluding carboxylic acids is 2. The minimum atomic E-state index is -0.617. The van der Waals surface area contributed by atoms with Crippen LogP contribution in [0.4, 0.5) is 0 Å². The summed E-state index contributed by atoms with van der Waals surface area (Å²) in [5, 5.41) is 13.2. The summed E-state index contributed by atoms with van der Waals surface area (Å²) < 4.78 is 1.79. The van der Waals surface area contributed by atoms with Gasteiger partial charge >= 0.3 is 0 Å². The number of fused-ring (bicyclic) bond motifs is 1. The Labute approximate surface area is 152 Å². The smallest absolute Gasteiger partial charge is 0.239 e. The second-order valence-corrected chi connectivity index (χ2v) is 5.31. The van der Waals surface area contributed by atoms with E-state index in [1.54, 1.807) is 4.40 Å². The van der Waals surface area contributed by atoms with E-state index < -0.39 is 6.04 Å². The molecule has 0 aliphatic heterocycles. The molecule has 0 aliphatic rings. The molecule has 0 fully saturated rings. The van der Waals surface area contributed by atoms with E-state index in [0.717, 1.165) is 0 Å². The van der Waals surface area contributed by atoms with Crippen LogP contribution >= 0.6 is 24.8 Å². The van der Waals surface area contributed by atoms with Crippen molar-refractivity contribution in [3.8, 4) is 0 Å². The highest BCUT2D eigenvalue weighted by molar-refractivity contribution is 5.87. The standard InChI is InChI=1S/C14H20N6O2.2ClH/c1-9(2)13(15)14(22)17-8-12(21)16-7-11-19-18-10-5-3-4-6-20(10)11;;/h3-6,9,13H,7-8,15H2,1-2H3,(H,16,21)(H,17,22);2*1H/t13-;;/m0../s1. The van der Waals surface area contributed by atoms with Crippen molar-refractivity contribution in [1.29, 1.82) is 0 Å². The van der Waals surface area contributed by atoms with Gasteiger partial charge in [-0.2, -0.15) is 0 Å². The molecule has 4 N–H and O–H groups in total. The van der Waals surface area contributed by atoms with Crippen molar-refractivity contribution in [2.45, 2.75) is 26.4 Å². The van der Waals surface area contributed by atoms with Crippen molar-refractivity contribution in [1.82, 2.24) is 25.2 Å². The second kappa shape index (κ2) is 10.1. The van der Waals surface area contributed by atoms with Gasteiger partial charge in [0.2, 0.25) is 11.8 Å². The highest BCUT2D eigenvalue weighted by Crippen LogP contribution is 2.02. The molecule has 0 bridgehead atoms. The number of nitrogens with one attached hydrogen (secondary N) is 2. The number of pyridine rings is 1. The van der Waals surface area contributed by atoms with Crippen LogP contribution in [0, 0.1) is 5.92 Å². The van der Waals surface area contributed by atoms with Crippen LogP contribution in [0.3, 0.4) is 0 Å². The molecule has 0 aliphatic carbocycles. The van der Waals surface area contributed by atoms with Gasteiger partial charge in [-0.05, 0) is 18.1 Å². The minimum Gasteiger partial charge on any atom is -0.347 e. The number of hydrogen-bond acceptors (Lipinski definition) is 5. The highest BCUT2D eigenvalue weighted by Gasteiger charge is 2.17. The topological polar surface area (TPSA) is 114 Å². The molecule has 0 saturated carbocycles. The van der Waals surface area contributed by atoms with E-state index in [-0.39, 0.29) is 55.6 Å². The number of halogens is 2. The Morgan fingerprint density at radius 1 is 1.21 bits per heavy atom. The maximum Gasteiger partial charge on any atom is 0.239 e. The zero-order valence-corrected chi connectivity index (χ0v) is 15.1. The number of nitrogens with zero attached hydrogens (tertiary/aromatic N) is 3. The fourth-order valence-electron chi connectivity index (χ4n) is 1.84. The van der Waals surface area contributed by atoms with Crippen molar-refractivity contribution in [3.05, 3.63) is 30.2 Å². The number of carbonyl (C=O) groups is 2. The van der Waals surface area contributed by atoms with Crippen molar-refractivity contribution in [3.63, 3.8) is 0 Å². The molecule has 0 aromatic carbocycles. The van der Waals surface area contributed by atoms with E-state index >= 15 is 0 Å². The molecular weight excluding hydrogens is 355 g/mol. The SMILES string of the molecule is CC(C)[C@H](N)C(=O)NCC(=O)NCc1nnc2ccccn12.Cl.Cl. The molecular formula is C14H22Cl2N6O2. The minimum absolute atomic E-state index is 0. The van der Waals surface area contributed by atoms with E-state index in [2.05, 4.69) is 20.8 Å². The van der Waals surface area contributed by atoms with Gasteiger partial charge in [0, 0.05) is 6.20 Å². The van der Waals surface area contributed by atoms with Crippen LogP contribution in [-0.4, -0.2) is 39.0 Å². The first kappa shape index (κ1) is 22.1. The van der Waals surface area contributed by atoms with Gasteiger partial charge in [-0.3, -0.25) is 14.0 Å². The van der Waals surface area contributed by atoms with Crippen LogP contribution in [0.1, 0.15) is 19.7 Å². The Morgan fingerprint density at radius 2 is 1.92 bits per heavy atom. The van der Waals surface area contributed by atoms with Crippen molar-refractivity contribution < 1.29 is 9.59 Å². The Morgan fingerprint density at radius 3 is 2.58 bits per heavy atom. The first-order chi connectivity index (χ1) is 10.5. The molecule has 24 heavy (non-hydrogen) atoms. The van der Waals surface area contributed by atoms with E-state index in [9.17, 15) is 9.59 Å². The lowest BCUT2D eigenvalue weighted by Crippen LogP contribution is -2.47. The normalized spacial score (nSPS) is 11.3. The van der Waals surface area contributed by atoms with Crippen LogP contribution in [-0.2, 0) is 16.1 Å². The number of amides is 2. The molecule has 2 amide bonds. The third-order valence-electron chi connectivity index (χ3n) is 3.27. The van der Waals surface area contributed by atoms with Crippen molar-refractivity contribution in [2.75, 3.05) is 6.54 Å². The number of hydrogen-bond donors (Lipinski definition) is 3. The Bertz CT molecular complexity index is 676. The first-order valence-corrected chi connectivity index (χ1v) is 7.07. The van der Waals surface area contributed by atoms with E-state index in [0.29, 0.717) is 11.5 Å². The van der Waals surface area contributed by atoms with Gasteiger partial charge in [0.05, 0.1) is 19.1 Å². The van der Waals surface area contributed by atoms with Gasteiger partial charge in [0.1, 0.15) is 0 Å². The average Bonchev–Trinajstić information content (AvgIpc) is 2.93. The maximum absolute atomic E-state index is 11.7. The maximum atomic E-state index is 11.7. The van der Waals surface area contributed by atoms with Gasteiger partial charge in [-0.25, -0.2) is 0 Å². The van der Waals surface area contributed by atoms with Gasteiger partial charge in [-0.1, -0.05) is 19.9 Å². The van der Waals surface area contributed by atoms with Gasteiger partial charge in [-0.15, -0.1) is 35.0 Å². The first-order valence-electron chi connectivity index (χ1n) is 7.07. The largest absolute Gasteiger partial charge is 0.347 e. The molecule has 2 rings (SSSR count). The number of rotatable bonds is 6. The summed E-state index contributed by atoms with van der Waals surface area (Å²) in [6.07, 6.45) is 1.82. The molecule has 10 heteroatoms. The van der Waals surface area contributed by atoms with Gasteiger partial charge in [0.25, 0.3) is 0 Å². The lowest BCUT2D eigenvalue weighted by atomic mass is 10.1. The predicted octanol–water partition coefficient (Wildman–Crippen LogP) is 0.289. The fourth-order valence-corrected chi connectivity index (χ4v) is 1.84. The zero-order valence-electron chi connectivity index (χ0n) is 13.4. The van der Waals surface area contributed by atoms with Crippen molar-refractivity contribution >= 4 is 42.3 Å². The predicted molar refractivity (Wildman–Crippen MR) is 95.2 cm³/mol. The molecule has 2 heterocycles. The second-order valence-electron chi connectivity index (χ2n) is 5.31. The molecule has 0 unspecified atom stereocenters. The van der Waals surface area contributed by atoms with Crippen LogP contribution in [0.5, 0.6) is 0 Å². The fraction of sp³-hybridized carbons (Fsp3) is 0.429. The monoisotopic (exact) mass is 376 g/mol. The summed E-state index contributed by atoms with van der Waals surface area (Å²) >= 11 is 0. The summed E-state index contributed by atoms with van der Waals surface area (Å²) in [5.41, 5.74) is 6.41. The third kappa shape index (κ3) is 5.63. The molecule has 1 atom stereocenters.